The van der Waals surface area contributed by atoms with Crippen LogP contribution in [0.2, 0.25) is 0 Å². The number of anilines is 1. The Kier molecular flexibility index (Phi) is 6.71. The Morgan fingerprint density at radius 3 is 2.27 bits per heavy atom. The SMILES string of the molecule is O=C(OCC(=O)N(c1ccccc1)[C@H]1CCS(=O)(=O)C1)c1ccccc1C(=O)c1cccs1. The molecule has 0 bridgehead atoms. The van der Waals surface area contributed by atoms with Crippen LogP contribution in [0.25, 0.3) is 0 Å². The monoisotopic (exact) mass is 483 g/mol. The van der Waals surface area contributed by atoms with E-state index in [4.69, 9.17) is 4.74 Å². The molecule has 1 amide bonds. The van der Waals surface area contributed by atoms with Crippen molar-refractivity contribution in [3.8, 4) is 0 Å². The molecular weight excluding hydrogens is 462 g/mol. The minimum absolute atomic E-state index is 0.00623. The van der Waals surface area contributed by atoms with E-state index in [1.165, 1.54) is 22.3 Å². The van der Waals surface area contributed by atoms with E-state index < -0.39 is 34.4 Å². The second-order valence-corrected chi connectivity index (χ2v) is 10.8. The molecule has 4 rings (SSSR count). The highest BCUT2D eigenvalue weighted by Gasteiger charge is 2.36. The standard InChI is InChI=1S/C24H21NO6S2/c26-22(25(17-7-2-1-3-8-17)18-12-14-33(29,30)16-18)15-31-24(28)20-10-5-4-9-19(20)23(27)21-11-6-13-32-21/h1-11,13,18H,12,14-16H2/t18-/m0/s1. The van der Waals surface area contributed by atoms with Crippen LogP contribution < -0.4 is 4.90 Å². The Bertz CT molecular complexity index is 1270. The molecule has 0 saturated carbocycles. The predicted molar refractivity (Wildman–Crippen MR) is 125 cm³/mol. The van der Waals surface area contributed by atoms with Crippen LogP contribution in [0.5, 0.6) is 0 Å². The van der Waals surface area contributed by atoms with Crippen LogP contribution in [0.4, 0.5) is 5.69 Å². The topological polar surface area (TPSA) is 97.8 Å². The zero-order valence-electron chi connectivity index (χ0n) is 17.5. The van der Waals surface area contributed by atoms with Crippen LogP contribution in [0.3, 0.4) is 0 Å². The number of esters is 1. The van der Waals surface area contributed by atoms with Crippen LogP contribution in [-0.2, 0) is 19.4 Å². The number of benzene rings is 2. The number of carbonyl (C=O) groups excluding carboxylic acids is 3. The number of nitrogens with zero attached hydrogens (tertiary/aromatic N) is 1. The highest BCUT2D eigenvalue weighted by Crippen LogP contribution is 2.25. The third-order valence-electron chi connectivity index (χ3n) is 5.34. The maximum Gasteiger partial charge on any atom is 0.339 e. The Morgan fingerprint density at radius 1 is 0.939 bits per heavy atom. The zero-order valence-corrected chi connectivity index (χ0v) is 19.2. The molecule has 0 unspecified atom stereocenters. The summed E-state index contributed by atoms with van der Waals surface area (Å²) in [7, 11) is -3.23. The number of amides is 1. The van der Waals surface area contributed by atoms with E-state index in [0.717, 1.165) is 0 Å². The highest BCUT2D eigenvalue weighted by atomic mass is 32.2. The lowest BCUT2D eigenvalue weighted by atomic mass is 10.0. The first-order valence-electron chi connectivity index (χ1n) is 10.3. The molecule has 2 aromatic carbocycles. The number of hydrogen-bond donors (Lipinski definition) is 0. The van der Waals surface area contributed by atoms with E-state index in [9.17, 15) is 22.8 Å². The van der Waals surface area contributed by atoms with Gasteiger partial charge in [-0.15, -0.1) is 11.3 Å². The van der Waals surface area contributed by atoms with Crippen LogP contribution in [0.1, 0.15) is 32.0 Å². The van der Waals surface area contributed by atoms with Gasteiger partial charge in [0, 0.05) is 11.3 Å². The van der Waals surface area contributed by atoms with Gasteiger partial charge in [0.25, 0.3) is 5.91 Å². The maximum absolute atomic E-state index is 13.1. The number of ketones is 1. The number of hydrogen-bond acceptors (Lipinski definition) is 7. The van der Waals surface area contributed by atoms with Gasteiger partial charge in [0.15, 0.2) is 16.4 Å². The minimum atomic E-state index is -3.23. The molecule has 9 heteroatoms. The van der Waals surface area contributed by atoms with E-state index in [1.54, 1.807) is 66.0 Å². The molecule has 1 aliphatic rings. The van der Waals surface area contributed by atoms with Crippen molar-refractivity contribution in [1.29, 1.82) is 0 Å². The summed E-state index contributed by atoms with van der Waals surface area (Å²) in [6.07, 6.45) is 0.315. The van der Waals surface area contributed by atoms with Gasteiger partial charge in [-0.2, -0.15) is 0 Å². The molecule has 0 N–H and O–H groups in total. The summed E-state index contributed by atoms with van der Waals surface area (Å²) >= 11 is 1.27. The Balaban J connectivity index is 1.52. The van der Waals surface area contributed by atoms with E-state index in [2.05, 4.69) is 0 Å². The minimum Gasteiger partial charge on any atom is -0.452 e. The fourth-order valence-electron chi connectivity index (χ4n) is 3.80. The van der Waals surface area contributed by atoms with Gasteiger partial charge >= 0.3 is 5.97 Å². The molecule has 1 atom stereocenters. The van der Waals surface area contributed by atoms with Crippen LogP contribution >= 0.6 is 11.3 Å². The fraction of sp³-hybridized carbons (Fsp3) is 0.208. The normalized spacial score (nSPS) is 16.8. The van der Waals surface area contributed by atoms with Gasteiger partial charge < -0.3 is 9.64 Å². The molecule has 170 valence electrons. The molecule has 0 spiro atoms. The maximum atomic E-state index is 13.1. The third-order valence-corrected chi connectivity index (χ3v) is 7.96. The molecule has 1 aromatic heterocycles. The predicted octanol–water partition coefficient (Wildman–Crippen LogP) is 3.36. The number of para-hydroxylation sites is 1. The van der Waals surface area contributed by atoms with Crippen molar-refractivity contribution in [3.05, 3.63) is 88.1 Å². The first-order valence-corrected chi connectivity index (χ1v) is 13.0. The van der Waals surface area contributed by atoms with Crippen molar-refractivity contribution in [3.63, 3.8) is 0 Å². The summed E-state index contributed by atoms with van der Waals surface area (Å²) in [5.74, 6) is -1.76. The quantitative estimate of drug-likeness (QED) is 0.378. The molecular formula is C24H21NO6S2. The van der Waals surface area contributed by atoms with Gasteiger partial charge in [-0.1, -0.05) is 42.5 Å². The molecule has 1 aliphatic heterocycles. The summed E-state index contributed by atoms with van der Waals surface area (Å²) < 4.78 is 29.3. The van der Waals surface area contributed by atoms with Crippen molar-refractivity contribution in [2.24, 2.45) is 0 Å². The van der Waals surface area contributed by atoms with E-state index in [0.29, 0.717) is 17.0 Å². The number of rotatable bonds is 7. The molecule has 0 aliphatic carbocycles. The Hall–Kier alpha value is -3.30. The largest absolute Gasteiger partial charge is 0.452 e. The first kappa shape index (κ1) is 22.9. The van der Waals surface area contributed by atoms with Gasteiger partial charge in [-0.3, -0.25) is 9.59 Å². The zero-order chi connectivity index (χ0) is 23.4. The fourth-order valence-corrected chi connectivity index (χ4v) is 6.18. The summed E-state index contributed by atoms with van der Waals surface area (Å²) in [4.78, 5) is 40.5. The molecule has 1 saturated heterocycles. The lowest BCUT2D eigenvalue weighted by Crippen LogP contribution is -2.43. The summed E-state index contributed by atoms with van der Waals surface area (Å²) in [5.41, 5.74) is 0.798. The van der Waals surface area contributed by atoms with Crippen molar-refractivity contribution in [1.82, 2.24) is 0 Å². The number of sulfone groups is 1. The van der Waals surface area contributed by atoms with Gasteiger partial charge in [0.1, 0.15) is 0 Å². The Labute approximate surface area is 195 Å². The summed E-state index contributed by atoms with van der Waals surface area (Å²) in [6.45, 7) is -0.578. The third kappa shape index (κ3) is 5.20. The van der Waals surface area contributed by atoms with E-state index in [1.807, 2.05) is 0 Å². The number of thiophene rings is 1. The summed E-state index contributed by atoms with van der Waals surface area (Å²) in [5, 5.41) is 1.77. The lowest BCUT2D eigenvalue weighted by Gasteiger charge is -2.28. The van der Waals surface area contributed by atoms with Crippen molar-refractivity contribution in [2.45, 2.75) is 12.5 Å². The molecule has 33 heavy (non-hydrogen) atoms. The average Bonchev–Trinajstić information content (AvgIpc) is 3.48. The van der Waals surface area contributed by atoms with Gasteiger partial charge in [0.05, 0.1) is 28.0 Å². The van der Waals surface area contributed by atoms with Crippen LogP contribution in [0, 0.1) is 0 Å². The van der Waals surface area contributed by atoms with Crippen LogP contribution in [-0.4, -0.2) is 50.2 Å². The lowest BCUT2D eigenvalue weighted by molar-refractivity contribution is -0.122. The number of ether oxygens (including phenoxy) is 1. The van der Waals surface area contributed by atoms with Crippen molar-refractivity contribution < 1.29 is 27.5 Å². The first-order chi connectivity index (χ1) is 15.9. The van der Waals surface area contributed by atoms with Crippen molar-refractivity contribution in [2.75, 3.05) is 23.0 Å². The smallest absolute Gasteiger partial charge is 0.339 e. The van der Waals surface area contributed by atoms with Crippen molar-refractivity contribution >= 4 is 44.5 Å². The molecule has 0 radical (unpaired) electrons. The van der Waals surface area contributed by atoms with Crippen LogP contribution in [0.15, 0.2) is 72.1 Å². The number of carbonyl (C=O) groups is 3. The molecule has 1 fully saturated rings. The molecule has 7 nitrogen and oxygen atoms in total. The van der Waals surface area contributed by atoms with Gasteiger partial charge in [-0.05, 0) is 36.1 Å². The average molecular weight is 484 g/mol. The van der Waals surface area contributed by atoms with E-state index in [-0.39, 0.29) is 28.4 Å². The summed E-state index contributed by atoms with van der Waals surface area (Å²) in [6, 6.07) is 17.9. The molecule has 3 aromatic rings. The Morgan fingerprint density at radius 2 is 1.64 bits per heavy atom. The highest BCUT2D eigenvalue weighted by molar-refractivity contribution is 7.91. The van der Waals surface area contributed by atoms with Gasteiger partial charge in [-0.25, -0.2) is 13.2 Å². The molecule has 2 heterocycles. The van der Waals surface area contributed by atoms with E-state index >= 15 is 0 Å². The second kappa shape index (κ2) is 9.68. The second-order valence-electron chi connectivity index (χ2n) is 7.58. The van der Waals surface area contributed by atoms with Gasteiger partial charge in [0.2, 0.25) is 5.78 Å².